The number of amides is 1. The number of halogens is 1. The molecule has 1 aliphatic carbocycles. The Bertz CT molecular complexity index is 1010. The third-order valence-electron chi connectivity index (χ3n) is 8.32. The summed E-state index contributed by atoms with van der Waals surface area (Å²) < 4.78 is 6.61. The van der Waals surface area contributed by atoms with E-state index in [-0.39, 0.29) is 34.9 Å². The summed E-state index contributed by atoms with van der Waals surface area (Å²) in [6.45, 7) is 2.07. The number of ether oxygens (including phenoxy) is 1. The zero-order valence-electron chi connectivity index (χ0n) is 19.7. The normalized spacial score (nSPS) is 28.9. The molecule has 10 heteroatoms. The van der Waals surface area contributed by atoms with Crippen molar-refractivity contribution in [3.05, 3.63) is 46.7 Å². The van der Waals surface area contributed by atoms with Crippen LogP contribution in [0.2, 0.25) is 0 Å². The predicted octanol–water partition coefficient (Wildman–Crippen LogP) is -0.311. The first-order chi connectivity index (χ1) is 16.4. The average molecular weight is 566 g/mol. The van der Waals surface area contributed by atoms with E-state index in [4.69, 9.17) is 10.5 Å². The van der Waals surface area contributed by atoms with Crippen molar-refractivity contribution in [3.63, 3.8) is 0 Å². The summed E-state index contributed by atoms with van der Waals surface area (Å²) in [5, 5.41) is 13.7. The molecule has 0 radical (unpaired) electrons. The van der Waals surface area contributed by atoms with Crippen molar-refractivity contribution in [2.24, 2.45) is 17.6 Å². The molecule has 4 fully saturated rings. The van der Waals surface area contributed by atoms with Gasteiger partial charge in [0.2, 0.25) is 6.04 Å². The molecule has 5 heterocycles. The van der Waals surface area contributed by atoms with Crippen LogP contribution in [0.15, 0.2) is 36.1 Å². The van der Waals surface area contributed by atoms with Crippen LogP contribution in [0.5, 0.6) is 0 Å². The van der Waals surface area contributed by atoms with Gasteiger partial charge in [0.25, 0.3) is 5.91 Å². The molecule has 0 spiro atoms. The van der Waals surface area contributed by atoms with Crippen molar-refractivity contribution in [1.82, 2.24) is 9.97 Å². The number of fused-ring (bicyclic) bond motifs is 3. The highest BCUT2D eigenvalue weighted by molar-refractivity contribution is 7.10. The lowest BCUT2D eigenvalue weighted by Crippen LogP contribution is -3.00. The molecule has 6 rings (SSSR count). The Hall–Kier alpha value is -1.88. The first-order valence-corrected chi connectivity index (χ1v) is 13.2. The van der Waals surface area contributed by atoms with Crippen molar-refractivity contribution in [2.45, 2.75) is 62.7 Å². The monoisotopic (exact) mass is 564 g/mol. The van der Waals surface area contributed by atoms with Gasteiger partial charge >= 0.3 is 5.97 Å². The van der Waals surface area contributed by atoms with Gasteiger partial charge in [-0.1, -0.05) is 25.3 Å². The number of nitrogens with two attached hydrogens (primary N) is 1. The van der Waals surface area contributed by atoms with Crippen LogP contribution in [-0.4, -0.2) is 57.2 Å². The summed E-state index contributed by atoms with van der Waals surface area (Å²) in [6, 6.07) is 4.83. The number of rotatable bonds is 7. The van der Waals surface area contributed by atoms with Gasteiger partial charge in [-0.15, -0.1) is 11.3 Å². The topological polar surface area (TPSA) is 115 Å². The van der Waals surface area contributed by atoms with Crippen LogP contribution in [0, 0.1) is 11.8 Å². The number of carbonyl (C=O) groups excluding carboxylic acids is 2. The number of aromatic nitrogens is 2. The molecule has 3 saturated heterocycles. The Morgan fingerprint density at radius 2 is 1.91 bits per heavy atom. The lowest BCUT2D eigenvalue weighted by molar-refractivity contribution is -0.965. The molecule has 2 aromatic heterocycles. The van der Waals surface area contributed by atoms with Crippen LogP contribution in [0.1, 0.15) is 61.6 Å². The lowest BCUT2D eigenvalue weighted by atomic mass is 9.75. The second-order valence-corrected chi connectivity index (χ2v) is 11.1. The van der Waals surface area contributed by atoms with E-state index in [1.54, 1.807) is 12.3 Å². The molecule has 2 aromatic rings. The highest BCUT2D eigenvalue weighted by Gasteiger charge is 2.56. The Kier molecular flexibility index (Phi) is 7.95. The summed E-state index contributed by atoms with van der Waals surface area (Å²) in [4.78, 5) is 35.3. The van der Waals surface area contributed by atoms with Crippen molar-refractivity contribution < 1.29 is 40.9 Å². The van der Waals surface area contributed by atoms with Gasteiger partial charge in [0.05, 0.1) is 13.1 Å². The third kappa shape index (κ3) is 4.77. The number of piperidine rings is 3. The fourth-order valence-corrected chi connectivity index (χ4v) is 7.42. The Morgan fingerprint density at radius 3 is 2.51 bits per heavy atom. The maximum atomic E-state index is 13.7. The van der Waals surface area contributed by atoms with E-state index >= 15 is 0 Å². The number of quaternary nitrogens is 1. The molecule has 3 aliphatic heterocycles. The lowest BCUT2D eigenvalue weighted by Gasteiger charge is -2.54. The number of esters is 1. The molecule has 3 N–H and O–H groups in total. The maximum absolute atomic E-state index is 13.7. The molecule has 4 aliphatic rings. The first-order valence-electron chi connectivity index (χ1n) is 12.3. The van der Waals surface area contributed by atoms with Gasteiger partial charge < -0.3 is 37.0 Å². The minimum atomic E-state index is -1.62. The SMILES string of the molecule is NC(=O)C(c1ccncn1)[N+]12CCC(CC1)[C@@H](OC(=O)C(O)(c1cccs1)C1CCCCC1)C2.[Br-]. The number of primary amides is 1. The highest BCUT2D eigenvalue weighted by Crippen LogP contribution is 2.45. The number of carbonyl (C=O) groups is 2. The van der Waals surface area contributed by atoms with Crippen LogP contribution in [0.4, 0.5) is 0 Å². The molecule has 2 bridgehead atoms. The molecule has 35 heavy (non-hydrogen) atoms. The summed E-state index contributed by atoms with van der Waals surface area (Å²) in [7, 11) is 0. The van der Waals surface area contributed by atoms with Crippen molar-refractivity contribution in [3.8, 4) is 0 Å². The molecule has 0 aromatic carbocycles. The van der Waals surface area contributed by atoms with Crippen LogP contribution in [-0.2, 0) is 19.9 Å². The van der Waals surface area contributed by atoms with Gasteiger partial charge in [-0.25, -0.2) is 14.8 Å². The summed E-state index contributed by atoms with van der Waals surface area (Å²) in [5.74, 6) is -0.893. The van der Waals surface area contributed by atoms with E-state index in [0.29, 0.717) is 21.6 Å². The first kappa shape index (κ1) is 26.2. The quantitative estimate of drug-likeness (QED) is 0.352. The van der Waals surface area contributed by atoms with Crippen LogP contribution in [0.25, 0.3) is 0 Å². The van der Waals surface area contributed by atoms with Crippen LogP contribution in [0.3, 0.4) is 0 Å². The average Bonchev–Trinajstić information content (AvgIpc) is 3.41. The maximum Gasteiger partial charge on any atom is 0.344 e. The van der Waals surface area contributed by atoms with Gasteiger partial charge in [0.1, 0.15) is 18.6 Å². The van der Waals surface area contributed by atoms with Gasteiger partial charge in [-0.2, -0.15) is 0 Å². The number of hydrogen-bond acceptors (Lipinski definition) is 7. The molecule has 190 valence electrons. The molecule has 8 nitrogen and oxygen atoms in total. The molecule has 3 atom stereocenters. The zero-order valence-corrected chi connectivity index (χ0v) is 22.1. The summed E-state index contributed by atoms with van der Waals surface area (Å²) in [6.07, 6.45) is 9.15. The van der Waals surface area contributed by atoms with E-state index in [1.807, 2.05) is 17.5 Å². The summed E-state index contributed by atoms with van der Waals surface area (Å²) >= 11 is 1.40. The van der Waals surface area contributed by atoms with Crippen molar-refractivity contribution in [1.29, 1.82) is 0 Å². The van der Waals surface area contributed by atoms with Crippen molar-refractivity contribution in [2.75, 3.05) is 19.6 Å². The van der Waals surface area contributed by atoms with E-state index < -0.39 is 23.5 Å². The fourth-order valence-electron chi connectivity index (χ4n) is 6.53. The number of thiophene rings is 1. The van der Waals surface area contributed by atoms with Gasteiger partial charge in [0, 0.05) is 35.8 Å². The van der Waals surface area contributed by atoms with E-state index in [1.165, 1.54) is 17.7 Å². The minimum absolute atomic E-state index is 0. The summed E-state index contributed by atoms with van der Waals surface area (Å²) in [5.41, 5.74) is 4.87. The number of nitrogens with zero attached hydrogens (tertiary/aromatic N) is 3. The Balaban J connectivity index is 0.00000289. The molecule has 1 saturated carbocycles. The standard InChI is InChI=1S/C25H32N4O4S.BrH/c26-23(30)22(19-8-11-27-16-28-19)29-12-9-17(10-13-29)20(15-29)33-24(31)25(32,21-7-4-14-34-21)18-5-2-1-3-6-18;/h4,7-8,11,14,16-18,20,22,32H,1-3,5-6,9-10,12-13,15H2,(H-,26,30);1H/t17?,20-,22?,25?,29?;/m0./s1. The third-order valence-corrected chi connectivity index (χ3v) is 9.32. The molecular formula is C25H33BrN4O4S. The fraction of sp³-hybridized carbons (Fsp3) is 0.600. The van der Waals surface area contributed by atoms with Crippen LogP contribution >= 0.6 is 11.3 Å². The minimum Gasteiger partial charge on any atom is -1.00 e. The van der Waals surface area contributed by atoms with E-state index in [0.717, 1.165) is 58.0 Å². The molecule has 1 amide bonds. The zero-order chi connectivity index (χ0) is 23.8. The van der Waals surface area contributed by atoms with Crippen LogP contribution < -0.4 is 22.7 Å². The van der Waals surface area contributed by atoms with E-state index in [9.17, 15) is 14.7 Å². The number of hydrogen-bond donors (Lipinski definition) is 2. The predicted molar refractivity (Wildman–Crippen MR) is 126 cm³/mol. The Labute approximate surface area is 220 Å². The second kappa shape index (κ2) is 10.6. The Morgan fingerprint density at radius 1 is 1.17 bits per heavy atom. The van der Waals surface area contributed by atoms with Gasteiger partial charge in [-0.3, -0.25) is 4.79 Å². The van der Waals surface area contributed by atoms with Gasteiger partial charge in [0.15, 0.2) is 11.7 Å². The second-order valence-electron chi connectivity index (χ2n) is 10.1. The molecule has 2 unspecified atom stereocenters. The highest BCUT2D eigenvalue weighted by atomic mass is 79.9. The molecular weight excluding hydrogens is 532 g/mol. The van der Waals surface area contributed by atoms with Crippen molar-refractivity contribution >= 4 is 23.2 Å². The van der Waals surface area contributed by atoms with E-state index in [2.05, 4.69) is 9.97 Å². The smallest absolute Gasteiger partial charge is 0.344 e. The largest absolute Gasteiger partial charge is 1.00 e. The number of aliphatic hydroxyl groups is 1. The van der Waals surface area contributed by atoms with Gasteiger partial charge in [-0.05, 0) is 30.4 Å².